The van der Waals surface area contributed by atoms with Crippen LogP contribution in [0, 0.1) is 39.0 Å². The summed E-state index contributed by atoms with van der Waals surface area (Å²) in [5, 5.41) is 10.1. The van der Waals surface area contributed by atoms with E-state index < -0.39 is 0 Å². The van der Waals surface area contributed by atoms with E-state index in [0.717, 1.165) is 27.8 Å². The van der Waals surface area contributed by atoms with Crippen LogP contribution in [0.2, 0.25) is 0 Å². The number of hydrogen-bond donors (Lipinski definition) is 0. The number of hydrogen-bond acceptors (Lipinski definition) is 5. The van der Waals surface area contributed by atoms with E-state index in [2.05, 4.69) is 12.1 Å². The van der Waals surface area contributed by atoms with E-state index >= 15 is 0 Å². The number of carbonyl (C=O) groups excluding carboxylic acids is 1. The maximum Gasteiger partial charge on any atom is 0.273 e. The van der Waals surface area contributed by atoms with Crippen LogP contribution < -0.4 is 14.8 Å². The minimum atomic E-state index is -0.370. The SMILES string of the molecule is Cc1ccc(/C=c2\s/c(=C(/C#N)C(=O)N3CCOCC3)n(-c3c(C)cccc3C)c2=O)c(C)c1. The Morgan fingerprint density at radius 3 is 2.35 bits per heavy atom. The molecule has 0 spiro atoms. The van der Waals surface area contributed by atoms with Crippen LogP contribution >= 0.6 is 11.3 Å². The normalized spacial score (nSPS) is 15.3. The fourth-order valence-corrected chi connectivity index (χ4v) is 5.33. The second-order valence-corrected chi connectivity index (χ2v) is 9.58. The Morgan fingerprint density at radius 1 is 1.06 bits per heavy atom. The maximum atomic E-state index is 13.8. The van der Waals surface area contributed by atoms with Crippen LogP contribution in [-0.4, -0.2) is 41.7 Å². The van der Waals surface area contributed by atoms with E-state index in [9.17, 15) is 14.9 Å². The van der Waals surface area contributed by atoms with Gasteiger partial charge in [0.2, 0.25) is 0 Å². The molecule has 2 heterocycles. The van der Waals surface area contributed by atoms with Gasteiger partial charge in [0.15, 0.2) is 5.57 Å². The van der Waals surface area contributed by atoms with E-state index in [1.165, 1.54) is 11.3 Å². The summed E-state index contributed by atoms with van der Waals surface area (Å²) in [7, 11) is 0. The summed E-state index contributed by atoms with van der Waals surface area (Å²) in [6.45, 7) is 9.61. The highest BCUT2D eigenvalue weighted by atomic mass is 32.1. The van der Waals surface area contributed by atoms with Gasteiger partial charge in [0.25, 0.3) is 11.5 Å². The lowest BCUT2D eigenvalue weighted by Crippen LogP contribution is -2.42. The van der Waals surface area contributed by atoms with E-state index in [1.54, 1.807) is 9.47 Å². The first-order valence-electron chi connectivity index (χ1n) is 11.2. The lowest BCUT2D eigenvalue weighted by Gasteiger charge is -2.26. The Hall–Kier alpha value is -3.47. The minimum Gasteiger partial charge on any atom is -0.378 e. The van der Waals surface area contributed by atoms with Gasteiger partial charge < -0.3 is 9.64 Å². The number of aryl methyl sites for hydroxylation is 4. The lowest BCUT2D eigenvalue weighted by molar-refractivity contribution is -0.128. The largest absolute Gasteiger partial charge is 0.378 e. The third-order valence-corrected chi connectivity index (χ3v) is 7.13. The molecule has 1 aromatic heterocycles. The molecule has 0 unspecified atom stereocenters. The predicted octanol–water partition coefficient (Wildman–Crippen LogP) is 2.49. The number of nitrogens with zero attached hydrogens (tertiary/aromatic N) is 3. The van der Waals surface area contributed by atoms with Crippen LogP contribution in [0.1, 0.15) is 27.8 Å². The number of nitriles is 1. The molecule has 0 aliphatic carbocycles. The second kappa shape index (κ2) is 9.80. The van der Waals surface area contributed by atoms with Crippen molar-refractivity contribution in [3.63, 3.8) is 0 Å². The van der Waals surface area contributed by atoms with Crippen molar-refractivity contribution in [2.75, 3.05) is 26.3 Å². The first-order valence-corrected chi connectivity index (χ1v) is 12.0. The Kier molecular flexibility index (Phi) is 6.82. The smallest absolute Gasteiger partial charge is 0.273 e. The highest BCUT2D eigenvalue weighted by molar-refractivity contribution is 7.07. The molecule has 3 aromatic rings. The zero-order valence-electron chi connectivity index (χ0n) is 19.8. The van der Waals surface area contributed by atoms with Gasteiger partial charge in [-0.2, -0.15) is 5.26 Å². The van der Waals surface area contributed by atoms with Crippen LogP contribution in [0.3, 0.4) is 0 Å². The number of benzene rings is 2. The summed E-state index contributed by atoms with van der Waals surface area (Å²) in [5.41, 5.74) is 5.38. The van der Waals surface area contributed by atoms with Crippen molar-refractivity contribution in [1.82, 2.24) is 9.47 Å². The van der Waals surface area contributed by atoms with Gasteiger partial charge in [0, 0.05) is 13.1 Å². The van der Waals surface area contributed by atoms with Crippen LogP contribution in [-0.2, 0) is 9.53 Å². The molecular weight excluding hydrogens is 446 g/mol. The molecule has 7 heteroatoms. The number of ether oxygens (including phenoxy) is 1. The average molecular weight is 474 g/mol. The van der Waals surface area contributed by atoms with Crippen molar-refractivity contribution in [3.05, 3.63) is 83.8 Å². The first-order chi connectivity index (χ1) is 16.3. The topological polar surface area (TPSA) is 75.3 Å². The predicted molar refractivity (Wildman–Crippen MR) is 135 cm³/mol. The minimum absolute atomic E-state index is 0.0214. The van der Waals surface area contributed by atoms with Crippen LogP contribution in [0.15, 0.2) is 41.2 Å². The van der Waals surface area contributed by atoms with Gasteiger partial charge >= 0.3 is 0 Å². The van der Waals surface area contributed by atoms with E-state index in [0.29, 0.717) is 41.2 Å². The van der Waals surface area contributed by atoms with E-state index in [-0.39, 0.29) is 17.0 Å². The van der Waals surface area contributed by atoms with Gasteiger partial charge in [-0.25, -0.2) is 0 Å². The molecule has 2 aromatic carbocycles. The monoisotopic (exact) mass is 473 g/mol. The molecule has 0 atom stereocenters. The first kappa shape index (κ1) is 23.7. The third kappa shape index (κ3) is 4.47. The van der Waals surface area contributed by atoms with Crippen molar-refractivity contribution < 1.29 is 9.53 Å². The highest BCUT2D eigenvalue weighted by Gasteiger charge is 2.24. The Balaban J connectivity index is 2.06. The van der Waals surface area contributed by atoms with Crippen molar-refractivity contribution in [3.8, 4) is 11.8 Å². The second-order valence-electron chi connectivity index (χ2n) is 8.55. The zero-order valence-corrected chi connectivity index (χ0v) is 20.7. The highest BCUT2D eigenvalue weighted by Crippen LogP contribution is 2.17. The van der Waals surface area contributed by atoms with Gasteiger partial charge in [-0.15, -0.1) is 11.3 Å². The average Bonchev–Trinajstić information content (AvgIpc) is 3.12. The number of aromatic nitrogens is 1. The van der Waals surface area contributed by atoms with Gasteiger partial charge in [-0.05, 0) is 56.0 Å². The summed E-state index contributed by atoms with van der Waals surface area (Å²) in [6, 6.07) is 14.0. The van der Waals surface area contributed by atoms with Gasteiger partial charge in [-0.1, -0.05) is 42.0 Å². The fraction of sp³-hybridized carbons (Fsp3) is 0.296. The summed E-state index contributed by atoms with van der Waals surface area (Å²) in [6.07, 6.45) is 1.85. The van der Waals surface area contributed by atoms with Crippen molar-refractivity contribution >= 4 is 28.9 Å². The zero-order chi connectivity index (χ0) is 24.4. The number of thiazole rings is 1. The van der Waals surface area contributed by atoms with Crippen molar-refractivity contribution in [2.45, 2.75) is 27.7 Å². The van der Waals surface area contributed by atoms with E-state index in [4.69, 9.17) is 4.74 Å². The molecule has 1 fully saturated rings. The molecule has 0 radical (unpaired) electrons. The standard InChI is InChI=1S/C27H27N3O3S/c1-17-8-9-21(20(4)14-17)15-23-26(32)30(24-18(2)6-5-7-19(24)3)27(34-23)22(16-28)25(31)29-10-12-33-13-11-29/h5-9,14-15H,10-13H2,1-4H3/b23-15-,27-22-. The third-order valence-electron chi connectivity index (χ3n) is 6.04. The molecule has 0 N–H and O–H groups in total. The van der Waals surface area contributed by atoms with Gasteiger partial charge in [0.05, 0.1) is 23.4 Å². The van der Waals surface area contributed by atoms with Crippen LogP contribution in [0.4, 0.5) is 0 Å². The number of carbonyl (C=O) groups is 1. The molecule has 6 nitrogen and oxygen atoms in total. The molecule has 1 saturated heterocycles. The van der Waals surface area contributed by atoms with Gasteiger partial charge in [-0.3, -0.25) is 14.2 Å². The maximum absolute atomic E-state index is 13.8. The molecular formula is C27H27N3O3S. The summed E-state index contributed by atoms with van der Waals surface area (Å²) < 4.78 is 7.74. The van der Waals surface area contributed by atoms with Crippen LogP contribution in [0.25, 0.3) is 17.3 Å². The molecule has 34 heavy (non-hydrogen) atoms. The molecule has 174 valence electrons. The van der Waals surface area contributed by atoms with Crippen LogP contribution in [0.5, 0.6) is 0 Å². The van der Waals surface area contributed by atoms with Crippen molar-refractivity contribution in [1.29, 1.82) is 5.26 Å². The molecule has 1 aliphatic heterocycles. The Labute approximate surface area is 202 Å². The molecule has 1 amide bonds. The number of para-hydroxylation sites is 1. The summed E-state index contributed by atoms with van der Waals surface area (Å²) >= 11 is 1.19. The number of amides is 1. The Bertz CT molecular complexity index is 1460. The molecule has 4 rings (SSSR count). The fourth-order valence-electron chi connectivity index (χ4n) is 4.25. The number of morpholine rings is 1. The molecule has 1 aliphatic rings. The molecule has 0 bridgehead atoms. The Morgan fingerprint density at radius 2 is 1.74 bits per heavy atom. The van der Waals surface area contributed by atoms with Crippen molar-refractivity contribution in [2.24, 2.45) is 0 Å². The summed E-state index contributed by atoms with van der Waals surface area (Å²) in [5.74, 6) is -0.370. The summed E-state index contributed by atoms with van der Waals surface area (Å²) in [4.78, 5) is 28.7. The molecule has 0 saturated carbocycles. The lowest BCUT2D eigenvalue weighted by atomic mass is 10.1. The number of rotatable bonds is 3. The van der Waals surface area contributed by atoms with Gasteiger partial charge in [0.1, 0.15) is 10.7 Å². The quantitative estimate of drug-likeness (QED) is 0.586. The van der Waals surface area contributed by atoms with E-state index in [1.807, 2.05) is 64.1 Å².